The third kappa shape index (κ3) is 5.06. The van der Waals surface area contributed by atoms with Crippen LogP contribution in [0.15, 0.2) is 0 Å². The minimum absolute atomic E-state index is 0.327. The molecule has 0 bridgehead atoms. The first-order chi connectivity index (χ1) is 6.27. The molecule has 0 saturated carbocycles. The Bertz CT molecular complexity index is 194. The van der Waals surface area contributed by atoms with Crippen LogP contribution in [0.5, 0.6) is 0 Å². The maximum absolute atomic E-state index is 12.3. The second kappa shape index (κ2) is 5.19. The van der Waals surface area contributed by atoms with E-state index >= 15 is 0 Å². The summed E-state index contributed by atoms with van der Waals surface area (Å²) in [5.74, 6) is -3.29. The van der Waals surface area contributed by atoms with Gasteiger partial charge in [-0.2, -0.15) is 13.2 Å². The maximum Gasteiger partial charge on any atom is 0.392 e. The van der Waals surface area contributed by atoms with Crippen molar-refractivity contribution in [3.8, 4) is 0 Å². The van der Waals surface area contributed by atoms with Crippen LogP contribution in [0.25, 0.3) is 0 Å². The van der Waals surface area contributed by atoms with E-state index in [1.54, 1.807) is 6.92 Å². The minimum Gasteiger partial charge on any atom is -0.481 e. The Morgan fingerprint density at radius 2 is 2.00 bits per heavy atom. The quantitative estimate of drug-likeness (QED) is 0.731. The van der Waals surface area contributed by atoms with E-state index in [1.165, 1.54) is 0 Å². The molecule has 0 aromatic carbocycles. The molecule has 2 atom stereocenters. The van der Waals surface area contributed by atoms with E-state index in [0.29, 0.717) is 6.42 Å². The fourth-order valence-corrected chi connectivity index (χ4v) is 1.08. The Kier molecular flexibility index (Phi) is 4.90. The first-order valence-electron chi connectivity index (χ1n) is 4.31. The van der Waals surface area contributed by atoms with Crippen LogP contribution >= 0.6 is 0 Å². The highest BCUT2D eigenvalue weighted by Gasteiger charge is 2.41. The lowest BCUT2D eigenvalue weighted by molar-refractivity contribution is -0.185. The van der Waals surface area contributed by atoms with Crippen molar-refractivity contribution < 1.29 is 23.1 Å². The zero-order valence-corrected chi connectivity index (χ0v) is 7.84. The van der Waals surface area contributed by atoms with Gasteiger partial charge in [0.15, 0.2) is 0 Å². The van der Waals surface area contributed by atoms with Gasteiger partial charge in [-0.25, -0.2) is 0 Å². The van der Waals surface area contributed by atoms with Gasteiger partial charge in [-0.05, 0) is 12.8 Å². The molecule has 0 heterocycles. The molecular weight excluding hydrogens is 199 g/mol. The topological polar surface area (TPSA) is 63.3 Å². The van der Waals surface area contributed by atoms with E-state index < -0.39 is 30.5 Å². The summed E-state index contributed by atoms with van der Waals surface area (Å²) in [6, 6.07) is -0.596. The number of alkyl halides is 3. The summed E-state index contributed by atoms with van der Waals surface area (Å²) in [6.07, 6.45) is -5.30. The summed E-state index contributed by atoms with van der Waals surface area (Å²) in [5.41, 5.74) is 5.35. The number of halogens is 3. The van der Waals surface area contributed by atoms with Gasteiger partial charge in [-0.15, -0.1) is 0 Å². The van der Waals surface area contributed by atoms with E-state index in [1.807, 2.05) is 0 Å². The molecule has 0 aromatic rings. The van der Waals surface area contributed by atoms with Crippen molar-refractivity contribution in [1.29, 1.82) is 0 Å². The van der Waals surface area contributed by atoms with Gasteiger partial charge in [-0.1, -0.05) is 6.92 Å². The van der Waals surface area contributed by atoms with Gasteiger partial charge >= 0.3 is 12.1 Å². The number of nitrogens with two attached hydrogens (primary N) is 1. The van der Waals surface area contributed by atoms with Gasteiger partial charge < -0.3 is 10.8 Å². The molecule has 0 aliphatic carbocycles. The van der Waals surface area contributed by atoms with Crippen molar-refractivity contribution in [3.63, 3.8) is 0 Å². The molecule has 14 heavy (non-hydrogen) atoms. The summed E-state index contributed by atoms with van der Waals surface area (Å²) in [4.78, 5) is 10.2. The average molecular weight is 213 g/mol. The molecule has 0 aliphatic rings. The minimum atomic E-state index is -4.48. The first kappa shape index (κ1) is 13.2. The lowest BCUT2D eigenvalue weighted by atomic mass is 9.95. The predicted molar refractivity (Wildman–Crippen MR) is 44.7 cm³/mol. The van der Waals surface area contributed by atoms with Gasteiger partial charge in [0, 0.05) is 6.04 Å². The molecule has 0 aliphatic heterocycles. The maximum atomic E-state index is 12.3. The highest BCUT2D eigenvalue weighted by molar-refractivity contribution is 5.67. The molecule has 0 fully saturated rings. The van der Waals surface area contributed by atoms with Crippen LogP contribution < -0.4 is 5.73 Å². The van der Waals surface area contributed by atoms with Crippen molar-refractivity contribution in [2.75, 3.05) is 0 Å². The van der Waals surface area contributed by atoms with Crippen molar-refractivity contribution in [2.45, 2.75) is 38.4 Å². The van der Waals surface area contributed by atoms with Crippen molar-refractivity contribution >= 4 is 5.97 Å². The standard InChI is InChI=1S/C8H14F3NO2/c1-2-6(12)3-5(4-7(13)14)8(9,10)11/h5-6H,2-4,12H2,1H3,(H,13,14)/t5-,6+/m1/s1. The lowest BCUT2D eigenvalue weighted by Crippen LogP contribution is -2.32. The number of hydrogen-bond acceptors (Lipinski definition) is 2. The predicted octanol–water partition coefficient (Wildman–Crippen LogP) is 1.77. The Hall–Kier alpha value is -0.780. The van der Waals surface area contributed by atoms with Crippen LogP contribution in [0.2, 0.25) is 0 Å². The summed E-state index contributed by atoms with van der Waals surface area (Å²) in [7, 11) is 0. The SMILES string of the molecule is CC[C@H](N)C[C@H](CC(=O)O)C(F)(F)F. The molecule has 0 amide bonds. The van der Waals surface area contributed by atoms with Crippen LogP contribution in [0, 0.1) is 5.92 Å². The zero-order chi connectivity index (χ0) is 11.4. The monoisotopic (exact) mass is 213 g/mol. The van der Waals surface area contributed by atoms with Crippen molar-refractivity contribution in [3.05, 3.63) is 0 Å². The first-order valence-corrected chi connectivity index (χ1v) is 4.31. The van der Waals surface area contributed by atoms with Gasteiger partial charge in [0.05, 0.1) is 12.3 Å². The van der Waals surface area contributed by atoms with Crippen LogP contribution in [0.4, 0.5) is 13.2 Å². The van der Waals surface area contributed by atoms with E-state index in [9.17, 15) is 18.0 Å². The molecule has 0 rings (SSSR count). The normalized spacial score (nSPS) is 16.4. The number of carboxylic acids is 1. The second-order valence-corrected chi connectivity index (χ2v) is 3.24. The highest BCUT2D eigenvalue weighted by atomic mass is 19.4. The Balaban J connectivity index is 4.33. The van der Waals surface area contributed by atoms with Gasteiger partial charge in [0.2, 0.25) is 0 Å². The smallest absolute Gasteiger partial charge is 0.392 e. The number of rotatable bonds is 5. The Labute approximate surface area is 80.1 Å². The van der Waals surface area contributed by atoms with Gasteiger partial charge in [0.1, 0.15) is 0 Å². The summed E-state index contributed by atoms with van der Waals surface area (Å²) in [5, 5.41) is 8.29. The molecule has 3 N–H and O–H groups in total. The van der Waals surface area contributed by atoms with Crippen LogP contribution in [-0.2, 0) is 4.79 Å². The van der Waals surface area contributed by atoms with E-state index in [0.717, 1.165) is 0 Å². The van der Waals surface area contributed by atoms with E-state index in [2.05, 4.69) is 0 Å². The van der Waals surface area contributed by atoms with Gasteiger partial charge in [0.25, 0.3) is 0 Å². The third-order valence-electron chi connectivity index (χ3n) is 2.00. The third-order valence-corrected chi connectivity index (χ3v) is 2.00. The van der Waals surface area contributed by atoms with E-state index in [-0.39, 0.29) is 6.42 Å². The molecule has 3 nitrogen and oxygen atoms in total. The van der Waals surface area contributed by atoms with Crippen molar-refractivity contribution in [1.82, 2.24) is 0 Å². The number of carboxylic acid groups (broad SMARTS) is 1. The number of aliphatic carboxylic acids is 1. The molecule has 0 aromatic heterocycles. The molecule has 84 valence electrons. The van der Waals surface area contributed by atoms with E-state index in [4.69, 9.17) is 10.8 Å². The van der Waals surface area contributed by atoms with Crippen LogP contribution in [0.1, 0.15) is 26.2 Å². The number of carbonyl (C=O) groups is 1. The van der Waals surface area contributed by atoms with Crippen LogP contribution in [-0.4, -0.2) is 23.3 Å². The highest BCUT2D eigenvalue weighted by Crippen LogP contribution is 2.32. The van der Waals surface area contributed by atoms with Gasteiger partial charge in [-0.3, -0.25) is 4.79 Å². The second-order valence-electron chi connectivity index (χ2n) is 3.24. The fraction of sp³-hybridized carbons (Fsp3) is 0.875. The number of hydrogen-bond donors (Lipinski definition) is 2. The molecule has 0 saturated heterocycles. The molecule has 0 radical (unpaired) electrons. The van der Waals surface area contributed by atoms with Crippen LogP contribution in [0.3, 0.4) is 0 Å². The lowest BCUT2D eigenvalue weighted by Gasteiger charge is -2.21. The summed E-state index contributed by atoms with van der Waals surface area (Å²) >= 11 is 0. The summed E-state index contributed by atoms with van der Waals surface area (Å²) < 4.78 is 36.8. The zero-order valence-electron chi connectivity index (χ0n) is 7.84. The molecule has 0 spiro atoms. The Morgan fingerprint density at radius 3 is 2.29 bits per heavy atom. The Morgan fingerprint density at radius 1 is 1.50 bits per heavy atom. The molecular formula is C8H14F3NO2. The fourth-order valence-electron chi connectivity index (χ4n) is 1.08. The largest absolute Gasteiger partial charge is 0.481 e. The molecule has 0 unspecified atom stereocenters. The van der Waals surface area contributed by atoms with Crippen molar-refractivity contribution in [2.24, 2.45) is 11.7 Å². The average Bonchev–Trinajstić information content (AvgIpc) is 2.00. The molecule has 6 heteroatoms. The summed E-state index contributed by atoms with van der Waals surface area (Å²) in [6.45, 7) is 1.67.